The van der Waals surface area contributed by atoms with Gasteiger partial charge in [0.2, 0.25) is 11.8 Å². The van der Waals surface area contributed by atoms with Gasteiger partial charge >= 0.3 is 0 Å². The summed E-state index contributed by atoms with van der Waals surface area (Å²) in [7, 11) is 3.03. The van der Waals surface area contributed by atoms with Gasteiger partial charge in [0.25, 0.3) is 5.56 Å². The van der Waals surface area contributed by atoms with Crippen LogP contribution in [-0.4, -0.2) is 41.7 Å². The Hall–Kier alpha value is -2.81. The molecule has 9 heteroatoms. The Kier molecular flexibility index (Phi) is 6.58. The molecule has 0 aliphatic heterocycles. The lowest BCUT2D eigenvalue weighted by Crippen LogP contribution is -2.22. The van der Waals surface area contributed by atoms with Gasteiger partial charge in [-0.05, 0) is 12.1 Å². The van der Waals surface area contributed by atoms with Crippen molar-refractivity contribution < 1.29 is 14.3 Å². The molecule has 1 aromatic heterocycles. The lowest BCUT2D eigenvalue weighted by atomic mass is 10.3. The fourth-order valence-electron chi connectivity index (χ4n) is 1.96. The number of para-hydroxylation sites is 2. The summed E-state index contributed by atoms with van der Waals surface area (Å²) in [6.45, 7) is 0. The lowest BCUT2D eigenvalue weighted by Gasteiger charge is -2.09. The number of benzene rings is 1. The second-order valence-corrected chi connectivity index (χ2v) is 5.89. The van der Waals surface area contributed by atoms with Crippen molar-refractivity contribution in [3.8, 4) is 5.75 Å². The third-order valence-electron chi connectivity index (χ3n) is 3.11. The molecule has 0 fully saturated rings. The van der Waals surface area contributed by atoms with Gasteiger partial charge in [-0.15, -0.1) is 0 Å². The van der Waals surface area contributed by atoms with E-state index in [0.717, 1.165) is 11.8 Å². The first kappa shape index (κ1) is 18.5. The van der Waals surface area contributed by atoms with E-state index in [1.807, 2.05) is 0 Å². The molecule has 0 saturated carbocycles. The van der Waals surface area contributed by atoms with E-state index in [9.17, 15) is 14.4 Å². The number of hydrogen-bond acceptors (Lipinski definition) is 6. The molecular formula is C16H18N4O4S. The quantitative estimate of drug-likeness (QED) is 0.496. The lowest BCUT2D eigenvalue weighted by molar-refractivity contribution is -0.120. The van der Waals surface area contributed by atoms with Crippen LogP contribution in [0.3, 0.4) is 0 Å². The standard InChI is InChI=1S/C16H18N4O4S/c1-17-13(21)7-10-8-14(22)20-16(18-10)25-9-15(23)19-11-5-3-4-6-12(11)24-2/h3-6,8H,7,9H2,1-2H3,(H,17,21)(H,19,23)(H,18,20,22). The summed E-state index contributed by atoms with van der Waals surface area (Å²) < 4.78 is 5.17. The summed E-state index contributed by atoms with van der Waals surface area (Å²) in [6.07, 6.45) is 0.00138. The number of H-pyrrole nitrogens is 1. The number of thioether (sulfide) groups is 1. The molecule has 0 radical (unpaired) electrons. The van der Waals surface area contributed by atoms with Crippen LogP contribution in [0.2, 0.25) is 0 Å². The number of hydrogen-bond donors (Lipinski definition) is 3. The summed E-state index contributed by atoms with van der Waals surface area (Å²) in [5, 5.41) is 5.48. The van der Waals surface area contributed by atoms with E-state index in [0.29, 0.717) is 17.1 Å². The molecule has 0 saturated heterocycles. The molecule has 2 rings (SSSR count). The van der Waals surface area contributed by atoms with Crippen molar-refractivity contribution in [1.82, 2.24) is 15.3 Å². The average molecular weight is 362 g/mol. The minimum absolute atomic E-state index is 0.00138. The maximum Gasteiger partial charge on any atom is 0.251 e. The molecule has 0 atom stereocenters. The van der Waals surface area contributed by atoms with Gasteiger partial charge in [-0.3, -0.25) is 14.4 Å². The van der Waals surface area contributed by atoms with Gasteiger partial charge in [-0.25, -0.2) is 4.98 Å². The number of rotatable bonds is 7. The van der Waals surface area contributed by atoms with Gasteiger partial charge in [0.15, 0.2) is 5.16 Å². The van der Waals surface area contributed by atoms with Crippen LogP contribution >= 0.6 is 11.8 Å². The molecule has 8 nitrogen and oxygen atoms in total. The predicted molar refractivity (Wildman–Crippen MR) is 95.0 cm³/mol. The smallest absolute Gasteiger partial charge is 0.251 e. The Balaban J connectivity index is 1.99. The van der Waals surface area contributed by atoms with Crippen molar-refractivity contribution in [3.63, 3.8) is 0 Å². The number of anilines is 1. The maximum absolute atomic E-state index is 12.1. The second kappa shape index (κ2) is 8.88. The fourth-order valence-corrected chi connectivity index (χ4v) is 2.66. The van der Waals surface area contributed by atoms with Gasteiger partial charge < -0.3 is 20.4 Å². The molecule has 0 aliphatic carbocycles. The highest BCUT2D eigenvalue weighted by atomic mass is 32.2. The molecule has 25 heavy (non-hydrogen) atoms. The van der Waals surface area contributed by atoms with Crippen LogP contribution in [-0.2, 0) is 16.0 Å². The summed E-state index contributed by atoms with van der Waals surface area (Å²) in [5.41, 5.74) is 0.530. The SMILES string of the molecule is CNC(=O)Cc1cc(=O)[nH]c(SCC(=O)Nc2ccccc2OC)n1. The number of nitrogens with zero attached hydrogens (tertiary/aromatic N) is 1. The predicted octanol–water partition coefficient (Wildman–Crippen LogP) is 0.798. The van der Waals surface area contributed by atoms with Crippen molar-refractivity contribution in [2.75, 3.05) is 25.2 Å². The summed E-state index contributed by atoms with van der Waals surface area (Å²) in [6, 6.07) is 8.31. The fraction of sp³-hybridized carbons (Fsp3) is 0.250. The Bertz CT molecular complexity index is 822. The first-order valence-corrected chi connectivity index (χ1v) is 8.37. The molecule has 2 aromatic rings. The molecule has 0 aliphatic rings. The minimum Gasteiger partial charge on any atom is -0.495 e. The Labute approximate surface area is 148 Å². The summed E-state index contributed by atoms with van der Waals surface area (Å²) >= 11 is 1.07. The van der Waals surface area contributed by atoms with E-state index in [-0.39, 0.29) is 34.7 Å². The third kappa shape index (κ3) is 5.64. The Morgan fingerprint density at radius 1 is 1.28 bits per heavy atom. The van der Waals surface area contributed by atoms with Gasteiger partial charge in [-0.2, -0.15) is 0 Å². The Morgan fingerprint density at radius 3 is 2.76 bits per heavy atom. The molecule has 0 spiro atoms. The molecule has 132 valence electrons. The van der Waals surface area contributed by atoms with Crippen molar-refractivity contribution >= 4 is 29.3 Å². The third-order valence-corrected chi connectivity index (χ3v) is 3.99. The van der Waals surface area contributed by atoms with E-state index in [1.54, 1.807) is 24.3 Å². The zero-order valence-corrected chi connectivity index (χ0v) is 14.6. The molecule has 2 amide bonds. The van der Waals surface area contributed by atoms with E-state index < -0.39 is 0 Å². The number of aromatic nitrogens is 2. The zero-order chi connectivity index (χ0) is 18.2. The number of methoxy groups -OCH3 is 1. The average Bonchev–Trinajstić information content (AvgIpc) is 2.60. The first-order chi connectivity index (χ1) is 12.0. The van der Waals surface area contributed by atoms with Crippen molar-refractivity contribution in [1.29, 1.82) is 0 Å². The topological polar surface area (TPSA) is 113 Å². The zero-order valence-electron chi connectivity index (χ0n) is 13.8. The number of ether oxygens (including phenoxy) is 1. The van der Waals surface area contributed by atoms with Crippen LogP contribution in [0.1, 0.15) is 5.69 Å². The first-order valence-electron chi connectivity index (χ1n) is 7.38. The van der Waals surface area contributed by atoms with Crippen LogP contribution in [0, 0.1) is 0 Å². The van der Waals surface area contributed by atoms with Crippen LogP contribution in [0.4, 0.5) is 5.69 Å². The number of likely N-dealkylation sites (N-methyl/N-ethyl adjacent to an activating group) is 1. The number of aromatic amines is 1. The van der Waals surface area contributed by atoms with Gasteiger partial charge in [0.1, 0.15) is 5.75 Å². The number of amides is 2. The molecule has 1 aromatic carbocycles. The Morgan fingerprint density at radius 2 is 2.04 bits per heavy atom. The van der Waals surface area contributed by atoms with Crippen LogP contribution < -0.4 is 20.9 Å². The van der Waals surface area contributed by atoms with E-state index >= 15 is 0 Å². The second-order valence-electron chi connectivity index (χ2n) is 4.93. The molecule has 0 bridgehead atoms. The highest BCUT2D eigenvalue weighted by molar-refractivity contribution is 7.99. The number of nitrogens with one attached hydrogen (secondary N) is 3. The van der Waals surface area contributed by atoms with E-state index in [4.69, 9.17) is 4.74 Å². The van der Waals surface area contributed by atoms with Gasteiger partial charge in [-0.1, -0.05) is 23.9 Å². The normalized spacial score (nSPS) is 10.2. The maximum atomic E-state index is 12.1. The summed E-state index contributed by atoms with van der Waals surface area (Å²) in [4.78, 5) is 41.8. The van der Waals surface area contributed by atoms with E-state index in [1.165, 1.54) is 20.2 Å². The highest BCUT2D eigenvalue weighted by Gasteiger charge is 2.10. The van der Waals surface area contributed by atoms with Crippen LogP contribution in [0.5, 0.6) is 5.75 Å². The summed E-state index contributed by atoms with van der Waals surface area (Å²) in [5.74, 6) is 0.0847. The monoisotopic (exact) mass is 362 g/mol. The van der Waals surface area contributed by atoms with Crippen molar-refractivity contribution in [2.45, 2.75) is 11.6 Å². The minimum atomic E-state index is -0.374. The van der Waals surface area contributed by atoms with E-state index in [2.05, 4.69) is 20.6 Å². The largest absolute Gasteiger partial charge is 0.495 e. The molecular weight excluding hydrogens is 344 g/mol. The van der Waals surface area contributed by atoms with Crippen LogP contribution in [0.25, 0.3) is 0 Å². The molecule has 1 heterocycles. The highest BCUT2D eigenvalue weighted by Crippen LogP contribution is 2.23. The van der Waals surface area contributed by atoms with Crippen LogP contribution in [0.15, 0.2) is 40.3 Å². The molecule has 3 N–H and O–H groups in total. The van der Waals surface area contributed by atoms with Gasteiger partial charge in [0, 0.05) is 13.1 Å². The van der Waals surface area contributed by atoms with Crippen molar-refractivity contribution in [2.24, 2.45) is 0 Å². The van der Waals surface area contributed by atoms with Gasteiger partial charge in [0.05, 0.1) is 30.7 Å². The number of carbonyl (C=O) groups is 2. The molecule has 0 unspecified atom stereocenters. The number of carbonyl (C=O) groups excluding carboxylic acids is 2. The van der Waals surface area contributed by atoms with Crippen molar-refractivity contribution in [3.05, 3.63) is 46.4 Å².